The summed E-state index contributed by atoms with van der Waals surface area (Å²) >= 11 is 0. The zero-order chi connectivity index (χ0) is 15.3. The molecule has 108 valence electrons. The molecule has 20 heavy (non-hydrogen) atoms. The molecule has 0 aromatic heterocycles. The average molecular weight is 287 g/mol. The number of halogens is 3. The first-order chi connectivity index (χ1) is 9.21. The smallest absolute Gasteiger partial charge is 0.417 e. The second-order valence-corrected chi connectivity index (χ2v) is 3.94. The number of amides is 1. The largest absolute Gasteiger partial charge is 0.478 e. The van der Waals surface area contributed by atoms with Crippen LogP contribution in [0.25, 0.3) is 6.08 Å². The maximum absolute atomic E-state index is 12.8. The number of carbonyl (C=O) groups excluding carboxylic acids is 1. The van der Waals surface area contributed by atoms with Gasteiger partial charge in [-0.15, -0.1) is 0 Å². The second-order valence-electron chi connectivity index (χ2n) is 3.94. The molecule has 1 aromatic rings. The van der Waals surface area contributed by atoms with Gasteiger partial charge >= 0.3 is 12.1 Å². The van der Waals surface area contributed by atoms with Crippen LogP contribution in [0.4, 0.5) is 13.2 Å². The number of hydrogen-bond acceptors (Lipinski definition) is 2. The van der Waals surface area contributed by atoms with Crippen molar-refractivity contribution in [2.75, 3.05) is 6.54 Å². The van der Waals surface area contributed by atoms with Crippen LogP contribution in [0.2, 0.25) is 0 Å². The normalized spacial score (nSPS) is 11.6. The standard InChI is InChI=1S/C13H12F3NO3/c1-8(18)17-6-2-3-9-4-5-10(12(19)20)7-11(9)13(14,15)16/h2-5,7H,6H2,1H3,(H,17,18)(H,19,20). The van der Waals surface area contributed by atoms with Crippen molar-refractivity contribution < 1.29 is 27.9 Å². The Kier molecular flexibility index (Phi) is 4.90. The van der Waals surface area contributed by atoms with Gasteiger partial charge < -0.3 is 10.4 Å². The molecule has 0 aliphatic rings. The zero-order valence-corrected chi connectivity index (χ0v) is 10.5. The Morgan fingerprint density at radius 1 is 1.35 bits per heavy atom. The summed E-state index contributed by atoms with van der Waals surface area (Å²) in [5.74, 6) is -1.73. The van der Waals surface area contributed by atoms with Crippen molar-refractivity contribution in [1.82, 2.24) is 5.32 Å². The van der Waals surface area contributed by atoms with E-state index in [1.54, 1.807) is 0 Å². The lowest BCUT2D eigenvalue weighted by Gasteiger charge is -2.11. The first kappa shape index (κ1) is 15.7. The van der Waals surface area contributed by atoms with Crippen LogP contribution in [0.5, 0.6) is 0 Å². The molecular formula is C13H12F3NO3. The van der Waals surface area contributed by atoms with E-state index in [0.717, 1.165) is 12.1 Å². The van der Waals surface area contributed by atoms with E-state index in [4.69, 9.17) is 5.11 Å². The Morgan fingerprint density at radius 3 is 2.50 bits per heavy atom. The van der Waals surface area contributed by atoms with Crippen LogP contribution in [-0.2, 0) is 11.0 Å². The summed E-state index contributed by atoms with van der Waals surface area (Å²) in [5.41, 5.74) is -1.62. The highest BCUT2D eigenvalue weighted by Gasteiger charge is 2.33. The van der Waals surface area contributed by atoms with Gasteiger partial charge in [0, 0.05) is 13.5 Å². The third kappa shape index (κ3) is 4.42. The van der Waals surface area contributed by atoms with Gasteiger partial charge in [-0.1, -0.05) is 18.2 Å². The summed E-state index contributed by atoms with van der Waals surface area (Å²) in [4.78, 5) is 21.3. The van der Waals surface area contributed by atoms with E-state index in [1.807, 2.05) is 0 Å². The molecule has 0 aliphatic carbocycles. The van der Waals surface area contributed by atoms with Crippen molar-refractivity contribution in [3.05, 3.63) is 41.0 Å². The van der Waals surface area contributed by atoms with E-state index in [1.165, 1.54) is 19.1 Å². The van der Waals surface area contributed by atoms with Crippen LogP contribution in [0, 0.1) is 0 Å². The molecule has 1 rings (SSSR count). The van der Waals surface area contributed by atoms with Crippen molar-refractivity contribution in [3.8, 4) is 0 Å². The van der Waals surface area contributed by atoms with E-state index in [9.17, 15) is 22.8 Å². The highest BCUT2D eigenvalue weighted by Crippen LogP contribution is 2.33. The minimum absolute atomic E-state index is 0.0906. The van der Waals surface area contributed by atoms with Gasteiger partial charge in [-0.3, -0.25) is 4.79 Å². The maximum Gasteiger partial charge on any atom is 0.417 e. The van der Waals surface area contributed by atoms with Gasteiger partial charge in [0.25, 0.3) is 0 Å². The Balaban J connectivity index is 3.06. The number of carboxylic acid groups (broad SMARTS) is 1. The lowest BCUT2D eigenvalue weighted by atomic mass is 10.0. The number of rotatable bonds is 4. The van der Waals surface area contributed by atoms with Gasteiger partial charge in [-0.25, -0.2) is 4.79 Å². The number of carbonyl (C=O) groups is 2. The minimum Gasteiger partial charge on any atom is -0.478 e. The molecule has 1 aromatic carbocycles. The highest BCUT2D eigenvalue weighted by molar-refractivity contribution is 5.88. The Labute approximate surface area is 112 Å². The van der Waals surface area contributed by atoms with Crippen molar-refractivity contribution in [2.24, 2.45) is 0 Å². The number of nitrogens with one attached hydrogen (secondary N) is 1. The highest BCUT2D eigenvalue weighted by atomic mass is 19.4. The molecule has 0 spiro atoms. The van der Waals surface area contributed by atoms with Crippen molar-refractivity contribution in [2.45, 2.75) is 13.1 Å². The van der Waals surface area contributed by atoms with Crippen molar-refractivity contribution in [3.63, 3.8) is 0 Å². The molecule has 7 heteroatoms. The molecule has 0 atom stereocenters. The van der Waals surface area contributed by atoms with E-state index >= 15 is 0 Å². The Bertz CT molecular complexity index is 550. The van der Waals surface area contributed by atoms with Gasteiger partial charge in [-0.2, -0.15) is 13.2 Å². The lowest BCUT2D eigenvalue weighted by Crippen LogP contribution is -2.19. The third-order valence-corrected chi connectivity index (χ3v) is 2.37. The molecule has 0 bridgehead atoms. The average Bonchev–Trinajstić information content (AvgIpc) is 2.33. The molecule has 4 nitrogen and oxygen atoms in total. The summed E-state index contributed by atoms with van der Waals surface area (Å²) < 4.78 is 38.5. The quantitative estimate of drug-likeness (QED) is 0.894. The third-order valence-electron chi connectivity index (χ3n) is 2.37. The van der Waals surface area contributed by atoms with Crippen LogP contribution >= 0.6 is 0 Å². The SMILES string of the molecule is CC(=O)NCC=Cc1ccc(C(=O)O)cc1C(F)(F)F. The van der Waals surface area contributed by atoms with Crippen LogP contribution in [0.15, 0.2) is 24.3 Å². The second kappa shape index (κ2) is 6.23. The number of hydrogen-bond donors (Lipinski definition) is 2. The summed E-state index contributed by atoms with van der Waals surface area (Å²) in [6.45, 7) is 1.38. The lowest BCUT2D eigenvalue weighted by molar-refractivity contribution is -0.137. The van der Waals surface area contributed by atoms with E-state index < -0.39 is 23.3 Å². The predicted molar refractivity (Wildman–Crippen MR) is 66.1 cm³/mol. The fourth-order valence-electron chi connectivity index (χ4n) is 1.47. The maximum atomic E-state index is 12.8. The van der Waals surface area contributed by atoms with Crippen LogP contribution in [0.1, 0.15) is 28.4 Å². The van der Waals surface area contributed by atoms with Crippen LogP contribution < -0.4 is 5.32 Å². The molecule has 0 saturated carbocycles. The molecule has 0 heterocycles. The molecular weight excluding hydrogens is 275 g/mol. The summed E-state index contributed by atoms with van der Waals surface area (Å²) in [5, 5.41) is 11.1. The molecule has 0 saturated heterocycles. The predicted octanol–water partition coefficient (Wildman–Crippen LogP) is 2.55. The van der Waals surface area contributed by atoms with Crippen LogP contribution in [-0.4, -0.2) is 23.5 Å². The van der Waals surface area contributed by atoms with E-state index in [2.05, 4.69) is 5.32 Å². The molecule has 2 N–H and O–H groups in total. The molecule has 0 fully saturated rings. The van der Waals surface area contributed by atoms with Crippen molar-refractivity contribution >= 4 is 18.0 Å². The van der Waals surface area contributed by atoms with Gasteiger partial charge in [0.2, 0.25) is 5.91 Å². The first-order valence-electron chi connectivity index (χ1n) is 5.57. The van der Waals surface area contributed by atoms with Gasteiger partial charge in [0.1, 0.15) is 0 Å². The number of carboxylic acids is 1. The number of aromatic carboxylic acids is 1. The molecule has 1 amide bonds. The van der Waals surface area contributed by atoms with Crippen molar-refractivity contribution in [1.29, 1.82) is 0 Å². The Hall–Kier alpha value is -2.31. The Morgan fingerprint density at radius 2 is 2.00 bits per heavy atom. The molecule has 0 unspecified atom stereocenters. The summed E-state index contributed by atoms with van der Waals surface area (Å²) in [6.07, 6.45) is -2.12. The van der Waals surface area contributed by atoms with Gasteiger partial charge in [0.05, 0.1) is 11.1 Å². The number of benzene rings is 1. The van der Waals surface area contributed by atoms with E-state index in [-0.39, 0.29) is 18.0 Å². The topological polar surface area (TPSA) is 66.4 Å². The minimum atomic E-state index is -4.65. The molecule has 0 radical (unpaired) electrons. The monoisotopic (exact) mass is 287 g/mol. The van der Waals surface area contributed by atoms with Crippen LogP contribution in [0.3, 0.4) is 0 Å². The van der Waals surface area contributed by atoms with Gasteiger partial charge in [-0.05, 0) is 17.7 Å². The number of alkyl halides is 3. The molecule has 0 aliphatic heterocycles. The zero-order valence-electron chi connectivity index (χ0n) is 10.5. The fourth-order valence-corrected chi connectivity index (χ4v) is 1.47. The van der Waals surface area contributed by atoms with E-state index in [0.29, 0.717) is 6.07 Å². The summed E-state index contributed by atoms with van der Waals surface area (Å²) in [6, 6.07) is 2.76. The summed E-state index contributed by atoms with van der Waals surface area (Å²) in [7, 11) is 0. The first-order valence-corrected chi connectivity index (χ1v) is 5.57. The fraction of sp³-hybridized carbons (Fsp3) is 0.231. The van der Waals surface area contributed by atoms with Gasteiger partial charge in [0.15, 0.2) is 0 Å².